The summed E-state index contributed by atoms with van der Waals surface area (Å²) in [5, 5.41) is 0. The minimum atomic E-state index is 0.441. The van der Waals surface area contributed by atoms with E-state index in [-0.39, 0.29) is 0 Å². The average Bonchev–Trinajstić information content (AvgIpc) is 3.38. The Balaban J connectivity index is 1.53. The van der Waals surface area contributed by atoms with Crippen LogP contribution >= 0.6 is 0 Å². The molecule has 3 rings (SSSR count). The van der Waals surface area contributed by atoms with Crippen molar-refractivity contribution in [1.29, 1.82) is 0 Å². The minimum Gasteiger partial charge on any atom is -0.383 e. The predicted molar refractivity (Wildman–Crippen MR) is 114 cm³/mol. The zero-order chi connectivity index (χ0) is 19.8. The molecule has 162 valence electrons. The van der Waals surface area contributed by atoms with E-state index >= 15 is 0 Å². The first kappa shape index (κ1) is 22.0. The number of piperidine rings is 1. The quantitative estimate of drug-likeness (QED) is 0.571. The van der Waals surface area contributed by atoms with Crippen molar-refractivity contribution in [1.82, 2.24) is 14.7 Å². The molecule has 0 aromatic rings. The van der Waals surface area contributed by atoms with Gasteiger partial charge in [-0.3, -0.25) is 9.69 Å². The van der Waals surface area contributed by atoms with Crippen LogP contribution in [0.5, 0.6) is 0 Å². The lowest BCUT2D eigenvalue weighted by atomic mass is 9.95. The van der Waals surface area contributed by atoms with Crippen molar-refractivity contribution in [3.8, 4) is 0 Å². The zero-order valence-electron chi connectivity index (χ0n) is 18.4. The van der Waals surface area contributed by atoms with Crippen LogP contribution < -0.4 is 0 Å². The first-order chi connectivity index (χ1) is 13.7. The molecule has 1 saturated carbocycles. The number of rotatable bonds is 10. The number of likely N-dealkylation sites (N-methyl/N-ethyl adjacent to an activating group) is 1. The van der Waals surface area contributed by atoms with Gasteiger partial charge in [0.2, 0.25) is 5.91 Å². The summed E-state index contributed by atoms with van der Waals surface area (Å²) in [6.45, 7) is 10.7. The molecule has 1 aliphatic carbocycles. The van der Waals surface area contributed by atoms with Crippen LogP contribution in [0.3, 0.4) is 0 Å². The Bertz CT molecular complexity index is 459. The largest absolute Gasteiger partial charge is 0.383 e. The van der Waals surface area contributed by atoms with Gasteiger partial charge in [0.05, 0.1) is 6.61 Å². The fourth-order valence-electron chi connectivity index (χ4n) is 5.57. The van der Waals surface area contributed by atoms with Gasteiger partial charge in [0, 0.05) is 39.2 Å². The predicted octanol–water partition coefficient (Wildman–Crippen LogP) is 3.24. The van der Waals surface area contributed by atoms with Crippen LogP contribution in [-0.2, 0) is 9.53 Å². The van der Waals surface area contributed by atoms with Crippen molar-refractivity contribution < 1.29 is 9.53 Å². The molecule has 0 radical (unpaired) electrons. The average molecular weight is 394 g/mol. The van der Waals surface area contributed by atoms with Crippen LogP contribution in [0.1, 0.15) is 64.7 Å². The molecule has 3 fully saturated rings. The van der Waals surface area contributed by atoms with Crippen molar-refractivity contribution in [2.45, 2.75) is 70.8 Å². The molecule has 5 nitrogen and oxygen atoms in total. The van der Waals surface area contributed by atoms with E-state index in [1.165, 1.54) is 57.9 Å². The molecular weight excluding hydrogens is 350 g/mol. The van der Waals surface area contributed by atoms with Gasteiger partial charge < -0.3 is 14.5 Å². The summed E-state index contributed by atoms with van der Waals surface area (Å²) < 4.78 is 5.23. The molecule has 3 aliphatic rings. The van der Waals surface area contributed by atoms with E-state index in [4.69, 9.17) is 4.74 Å². The Labute approximate surface area is 172 Å². The molecule has 1 unspecified atom stereocenters. The number of hydrogen-bond donors (Lipinski definition) is 0. The fraction of sp³-hybridized carbons (Fsp3) is 0.957. The molecular formula is C23H43N3O2. The lowest BCUT2D eigenvalue weighted by molar-refractivity contribution is -0.133. The van der Waals surface area contributed by atoms with Crippen LogP contribution in [0, 0.1) is 11.8 Å². The van der Waals surface area contributed by atoms with E-state index < -0.39 is 0 Å². The lowest BCUT2D eigenvalue weighted by Gasteiger charge is -2.37. The highest BCUT2D eigenvalue weighted by molar-refractivity contribution is 5.76. The van der Waals surface area contributed by atoms with Crippen LogP contribution in [0.25, 0.3) is 0 Å². The summed E-state index contributed by atoms with van der Waals surface area (Å²) in [4.78, 5) is 20.6. The molecule has 1 atom stereocenters. The summed E-state index contributed by atoms with van der Waals surface area (Å²) in [5.74, 6) is 1.76. The van der Waals surface area contributed by atoms with Crippen molar-refractivity contribution >= 4 is 5.91 Å². The van der Waals surface area contributed by atoms with E-state index in [1.807, 2.05) is 0 Å². The van der Waals surface area contributed by atoms with Gasteiger partial charge in [-0.1, -0.05) is 19.8 Å². The second-order valence-electron chi connectivity index (χ2n) is 9.36. The van der Waals surface area contributed by atoms with E-state index in [2.05, 4.69) is 21.6 Å². The summed E-state index contributed by atoms with van der Waals surface area (Å²) in [6, 6.07) is 0.583. The van der Waals surface area contributed by atoms with Gasteiger partial charge in [-0.2, -0.15) is 0 Å². The highest BCUT2D eigenvalue weighted by Gasteiger charge is 2.31. The topological polar surface area (TPSA) is 36.0 Å². The van der Waals surface area contributed by atoms with Gasteiger partial charge in [-0.15, -0.1) is 0 Å². The lowest BCUT2D eigenvalue weighted by Crippen LogP contribution is -2.47. The van der Waals surface area contributed by atoms with Gasteiger partial charge in [0.15, 0.2) is 0 Å². The third-order valence-corrected chi connectivity index (χ3v) is 7.42. The van der Waals surface area contributed by atoms with Crippen molar-refractivity contribution in [3.05, 3.63) is 0 Å². The molecule has 2 heterocycles. The number of likely N-dealkylation sites (tertiary alicyclic amines) is 2. The molecule has 0 aromatic carbocycles. The van der Waals surface area contributed by atoms with E-state index in [9.17, 15) is 4.79 Å². The zero-order valence-corrected chi connectivity index (χ0v) is 18.4. The minimum absolute atomic E-state index is 0.441. The molecule has 0 aromatic heterocycles. The van der Waals surface area contributed by atoms with Gasteiger partial charge in [-0.05, 0) is 76.5 Å². The molecule has 5 heteroatoms. The Kier molecular flexibility index (Phi) is 9.06. The third-order valence-electron chi connectivity index (χ3n) is 7.42. The highest BCUT2D eigenvalue weighted by Crippen LogP contribution is 2.29. The summed E-state index contributed by atoms with van der Waals surface area (Å²) in [5.41, 5.74) is 0. The SMILES string of the molecule is CCN1CCCC1CN(CC1CCN(CCOC)CC1)C(=O)CC1CCCC1. The molecule has 1 amide bonds. The van der Waals surface area contributed by atoms with E-state index in [0.29, 0.717) is 23.8 Å². The van der Waals surface area contributed by atoms with Gasteiger partial charge in [0.25, 0.3) is 0 Å². The van der Waals surface area contributed by atoms with Crippen molar-refractivity contribution in [2.75, 3.05) is 59.5 Å². The molecule has 0 bridgehead atoms. The van der Waals surface area contributed by atoms with Crippen LogP contribution in [0.15, 0.2) is 0 Å². The number of carbonyl (C=O) groups excluding carboxylic acids is 1. The number of amides is 1. The van der Waals surface area contributed by atoms with Crippen molar-refractivity contribution in [3.63, 3.8) is 0 Å². The number of hydrogen-bond acceptors (Lipinski definition) is 4. The number of ether oxygens (including phenoxy) is 1. The highest BCUT2D eigenvalue weighted by atomic mass is 16.5. The maximum atomic E-state index is 13.2. The Morgan fingerprint density at radius 1 is 0.964 bits per heavy atom. The monoisotopic (exact) mass is 393 g/mol. The van der Waals surface area contributed by atoms with Gasteiger partial charge in [0.1, 0.15) is 0 Å². The fourth-order valence-corrected chi connectivity index (χ4v) is 5.57. The van der Waals surface area contributed by atoms with Crippen LogP contribution in [-0.4, -0.2) is 86.2 Å². The van der Waals surface area contributed by atoms with Gasteiger partial charge >= 0.3 is 0 Å². The number of nitrogens with zero attached hydrogens (tertiary/aromatic N) is 3. The standard InChI is InChI=1S/C23H43N3O2/c1-3-25-12-6-9-22(25)19-26(23(27)17-20-7-4-5-8-20)18-21-10-13-24(14-11-21)15-16-28-2/h20-22H,3-19H2,1-2H3. The van der Waals surface area contributed by atoms with E-state index in [0.717, 1.165) is 52.3 Å². The first-order valence-corrected chi connectivity index (χ1v) is 11.9. The Morgan fingerprint density at radius 3 is 2.39 bits per heavy atom. The van der Waals surface area contributed by atoms with E-state index in [1.54, 1.807) is 7.11 Å². The van der Waals surface area contributed by atoms with Crippen molar-refractivity contribution in [2.24, 2.45) is 11.8 Å². The maximum absolute atomic E-state index is 13.2. The Hall–Kier alpha value is -0.650. The molecule has 0 spiro atoms. The van der Waals surface area contributed by atoms with Crippen LogP contribution in [0.4, 0.5) is 0 Å². The number of carbonyl (C=O) groups is 1. The second kappa shape index (κ2) is 11.5. The molecule has 2 aliphatic heterocycles. The summed E-state index contributed by atoms with van der Waals surface area (Å²) in [6.07, 6.45) is 11.0. The molecule has 2 saturated heterocycles. The van der Waals surface area contributed by atoms with Gasteiger partial charge in [-0.25, -0.2) is 0 Å². The summed E-state index contributed by atoms with van der Waals surface area (Å²) >= 11 is 0. The maximum Gasteiger partial charge on any atom is 0.222 e. The molecule has 0 N–H and O–H groups in total. The number of methoxy groups -OCH3 is 1. The Morgan fingerprint density at radius 2 is 1.71 bits per heavy atom. The molecule has 28 heavy (non-hydrogen) atoms. The first-order valence-electron chi connectivity index (χ1n) is 11.9. The second-order valence-corrected chi connectivity index (χ2v) is 9.36. The summed E-state index contributed by atoms with van der Waals surface area (Å²) in [7, 11) is 1.78. The normalized spacial score (nSPS) is 25.6. The third kappa shape index (κ3) is 6.43. The smallest absolute Gasteiger partial charge is 0.222 e. The van der Waals surface area contributed by atoms with Crippen LogP contribution in [0.2, 0.25) is 0 Å².